The third-order valence-electron chi connectivity index (χ3n) is 6.18. The number of imide groups is 1. The van der Waals surface area contributed by atoms with Gasteiger partial charge in [0.15, 0.2) is 0 Å². The Morgan fingerprint density at radius 2 is 1.74 bits per heavy atom. The second-order valence-corrected chi connectivity index (χ2v) is 8.17. The molecule has 31 heavy (non-hydrogen) atoms. The second-order valence-electron chi connectivity index (χ2n) is 8.17. The number of aromatic nitrogens is 2. The van der Waals surface area contributed by atoms with Gasteiger partial charge in [0, 0.05) is 31.9 Å². The van der Waals surface area contributed by atoms with E-state index < -0.39 is 5.54 Å². The molecule has 8 heteroatoms. The van der Waals surface area contributed by atoms with Crippen LogP contribution in [0.2, 0.25) is 0 Å². The van der Waals surface area contributed by atoms with Crippen LogP contribution in [0.5, 0.6) is 0 Å². The van der Waals surface area contributed by atoms with E-state index in [1.807, 2.05) is 44.2 Å². The number of hydrogen-bond acceptors (Lipinski definition) is 5. The van der Waals surface area contributed by atoms with Gasteiger partial charge in [-0.1, -0.05) is 30.3 Å². The summed E-state index contributed by atoms with van der Waals surface area (Å²) in [5, 5.41) is 0. The second kappa shape index (κ2) is 8.09. The maximum absolute atomic E-state index is 13.3. The van der Waals surface area contributed by atoms with Crippen LogP contribution in [-0.4, -0.2) is 67.7 Å². The van der Waals surface area contributed by atoms with Crippen LogP contribution in [0.3, 0.4) is 0 Å². The fourth-order valence-corrected chi connectivity index (χ4v) is 4.60. The van der Waals surface area contributed by atoms with Gasteiger partial charge in [0.25, 0.3) is 11.8 Å². The molecule has 4 rings (SSSR count). The minimum Gasteiger partial charge on any atom is -0.337 e. The lowest BCUT2D eigenvalue weighted by Crippen LogP contribution is -2.57. The van der Waals surface area contributed by atoms with E-state index in [9.17, 15) is 14.4 Å². The molecule has 2 saturated heterocycles. The highest BCUT2D eigenvalue weighted by Gasteiger charge is 2.57. The molecule has 2 aliphatic rings. The van der Waals surface area contributed by atoms with Crippen LogP contribution < -0.4 is 0 Å². The number of piperidine rings is 1. The number of carbonyl (C=O) groups is 3. The zero-order valence-electron chi connectivity index (χ0n) is 18.2. The molecule has 3 heterocycles. The monoisotopic (exact) mass is 421 g/mol. The first kappa shape index (κ1) is 21.0. The van der Waals surface area contributed by atoms with Gasteiger partial charge < -0.3 is 9.80 Å². The van der Waals surface area contributed by atoms with Crippen LogP contribution in [0.4, 0.5) is 4.79 Å². The van der Waals surface area contributed by atoms with E-state index in [2.05, 4.69) is 9.97 Å². The number of likely N-dealkylation sites (tertiary alicyclic amines) is 1. The lowest BCUT2D eigenvalue weighted by molar-refractivity contribution is -0.135. The maximum Gasteiger partial charge on any atom is 0.327 e. The smallest absolute Gasteiger partial charge is 0.327 e. The maximum atomic E-state index is 13.3. The zero-order chi connectivity index (χ0) is 22.2. The molecule has 0 radical (unpaired) electrons. The fourth-order valence-electron chi connectivity index (χ4n) is 4.60. The van der Waals surface area contributed by atoms with Crippen LogP contribution in [0.15, 0.2) is 36.4 Å². The summed E-state index contributed by atoms with van der Waals surface area (Å²) in [6, 6.07) is 11.1. The average Bonchev–Trinajstić information content (AvgIpc) is 2.95. The molecule has 8 nitrogen and oxygen atoms in total. The SMILES string of the molecule is CCN1C(=O)N(Cc2ccccc2)C2(CCN(C(=O)c3cc(C)nc(C)n3)CC2)C1=O. The third-order valence-corrected chi connectivity index (χ3v) is 6.18. The van der Waals surface area contributed by atoms with Crippen molar-refractivity contribution < 1.29 is 14.4 Å². The van der Waals surface area contributed by atoms with E-state index in [1.54, 1.807) is 22.8 Å². The molecule has 2 fully saturated rings. The quantitative estimate of drug-likeness (QED) is 0.708. The highest BCUT2D eigenvalue weighted by atomic mass is 16.2. The molecule has 0 unspecified atom stereocenters. The molecule has 0 aliphatic carbocycles. The topological polar surface area (TPSA) is 86.7 Å². The van der Waals surface area contributed by atoms with Gasteiger partial charge >= 0.3 is 6.03 Å². The molecule has 0 saturated carbocycles. The first-order valence-corrected chi connectivity index (χ1v) is 10.6. The molecule has 2 aromatic rings. The van der Waals surface area contributed by atoms with Crippen LogP contribution in [0, 0.1) is 13.8 Å². The number of aryl methyl sites for hydroxylation is 2. The van der Waals surface area contributed by atoms with E-state index in [-0.39, 0.29) is 17.8 Å². The van der Waals surface area contributed by atoms with Gasteiger partial charge in [-0.05, 0) is 45.2 Å². The minimum atomic E-state index is -0.906. The van der Waals surface area contributed by atoms with Crippen molar-refractivity contribution in [2.24, 2.45) is 0 Å². The van der Waals surface area contributed by atoms with Gasteiger partial charge in [-0.15, -0.1) is 0 Å². The Morgan fingerprint density at radius 1 is 1.06 bits per heavy atom. The lowest BCUT2D eigenvalue weighted by Gasteiger charge is -2.42. The highest BCUT2D eigenvalue weighted by Crippen LogP contribution is 2.38. The highest BCUT2D eigenvalue weighted by molar-refractivity contribution is 6.07. The molecular weight excluding hydrogens is 394 g/mol. The fraction of sp³-hybridized carbons (Fsp3) is 0.435. The van der Waals surface area contributed by atoms with Gasteiger partial charge in [-0.25, -0.2) is 14.8 Å². The van der Waals surface area contributed by atoms with Crippen molar-refractivity contribution in [2.45, 2.75) is 45.7 Å². The summed E-state index contributed by atoms with van der Waals surface area (Å²) in [7, 11) is 0. The van der Waals surface area contributed by atoms with Crippen molar-refractivity contribution in [2.75, 3.05) is 19.6 Å². The Bertz CT molecular complexity index is 995. The summed E-state index contributed by atoms with van der Waals surface area (Å²) >= 11 is 0. The number of carbonyl (C=O) groups excluding carboxylic acids is 3. The van der Waals surface area contributed by atoms with Gasteiger partial charge in [-0.3, -0.25) is 14.5 Å². The van der Waals surface area contributed by atoms with E-state index in [0.29, 0.717) is 50.5 Å². The predicted molar refractivity (Wildman–Crippen MR) is 114 cm³/mol. The molecule has 162 valence electrons. The van der Waals surface area contributed by atoms with Crippen molar-refractivity contribution in [3.8, 4) is 0 Å². The number of urea groups is 1. The molecule has 1 aromatic heterocycles. The third kappa shape index (κ3) is 3.66. The lowest BCUT2D eigenvalue weighted by atomic mass is 9.85. The number of amides is 4. The van der Waals surface area contributed by atoms with E-state index in [1.165, 1.54) is 4.90 Å². The van der Waals surface area contributed by atoms with Crippen molar-refractivity contribution in [1.82, 2.24) is 24.7 Å². The number of likely N-dealkylation sites (N-methyl/N-ethyl adjacent to an activating group) is 1. The van der Waals surface area contributed by atoms with Crippen LogP contribution in [0.25, 0.3) is 0 Å². The molecular formula is C23H27N5O3. The van der Waals surface area contributed by atoms with Crippen LogP contribution in [-0.2, 0) is 11.3 Å². The predicted octanol–water partition coefficient (Wildman–Crippen LogP) is 2.55. The largest absolute Gasteiger partial charge is 0.337 e. The van der Waals surface area contributed by atoms with Gasteiger partial charge in [0.2, 0.25) is 0 Å². The Hall–Kier alpha value is -3.29. The van der Waals surface area contributed by atoms with E-state index in [0.717, 1.165) is 11.3 Å². The molecule has 1 aromatic carbocycles. The van der Waals surface area contributed by atoms with Crippen molar-refractivity contribution >= 4 is 17.8 Å². The molecule has 1 spiro atoms. The summed E-state index contributed by atoms with van der Waals surface area (Å²) < 4.78 is 0. The Labute approximate surface area is 181 Å². The summed E-state index contributed by atoms with van der Waals surface area (Å²) in [6.07, 6.45) is 0.825. The summed E-state index contributed by atoms with van der Waals surface area (Å²) in [5.74, 6) is 0.236. The van der Waals surface area contributed by atoms with Gasteiger partial charge in [0.1, 0.15) is 17.1 Å². The Morgan fingerprint density at radius 3 is 2.35 bits per heavy atom. The zero-order valence-corrected chi connectivity index (χ0v) is 18.2. The van der Waals surface area contributed by atoms with Crippen LogP contribution >= 0.6 is 0 Å². The first-order valence-electron chi connectivity index (χ1n) is 10.6. The van der Waals surface area contributed by atoms with Crippen molar-refractivity contribution in [3.05, 3.63) is 59.2 Å². The van der Waals surface area contributed by atoms with E-state index in [4.69, 9.17) is 0 Å². The van der Waals surface area contributed by atoms with Crippen molar-refractivity contribution in [1.29, 1.82) is 0 Å². The molecule has 0 atom stereocenters. The summed E-state index contributed by atoms with van der Waals surface area (Å²) in [5.41, 5.74) is 1.18. The normalized spacial score (nSPS) is 18.2. The van der Waals surface area contributed by atoms with Gasteiger partial charge in [0.05, 0.1) is 0 Å². The van der Waals surface area contributed by atoms with Crippen LogP contribution in [0.1, 0.15) is 47.3 Å². The standard InChI is InChI=1S/C23H27N5O3/c1-4-27-21(30)23(28(22(27)31)15-18-8-6-5-7-9-18)10-12-26(13-11-23)20(29)19-14-16(2)24-17(3)25-19/h5-9,14H,4,10-13,15H2,1-3H3. The number of hydrogen-bond donors (Lipinski definition) is 0. The average molecular weight is 422 g/mol. The summed E-state index contributed by atoms with van der Waals surface area (Å²) in [4.78, 5) is 52.6. The number of nitrogens with zero attached hydrogens (tertiary/aromatic N) is 5. The minimum absolute atomic E-state index is 0.156. The number of rotatable bonds is 4. The molecule has 4 amide bonds. The summed E-state index contributed by atoms with van der Waals surface area (Å²) in [6.45, 7) is 6.91. The Balaban J connectivity index is 1.57. The Kier molecular flexibility index (Phi) is 5.47. The number of benzene rings is 1. The van der Waals surface area contributed by atoms with Gasteiger partial charge in [-0.2, -0.15) is 0 Å². The molecule has 0 N–H and O–H groups in total. The first-order chi connectivity index (χ1) is 14.9. The van der Waals surface area contributed by atoms with Crippen molar-refractivity contribution in [3.63, 3.8) is 0 Å². The van der Waals surface area contributed by atoms with E-state index >= 15 is 0 Å². The molecule has 0 bridgehead atoms. The molecule has 2 aliphatic heterocycles.